The largest absolute Gasteiger partial charge is 0.423 e. The lowest BCUT2D eigenvalue weighted by atomic mass is 10.2. The van der Waals surface area contributed by atoms with Crippen molar-refractivity contribution in [2.45, 2.75) is 61.3 Å². The van der Waals surface area contributed by atoms with Gasteiger partial charge in [-0.05, 0) is 56.4 Å². The Morgan fingerprint density at radius 2 is 1.97 bits per heavy atom. The molecule has 2 saturated carbocycles. The van der Waals surface area contributed by atoms with Crippen LogP contribution >= 0.6 is 23.4 Å². The highest BCUT2D eigenvalue weighted by atomic mass is 35.5. The van der Waals surface area contributed by atoms with Crippen LogP contribution in [0.5, 0.6) is 5.75 Å². The van der Waals surface area contributed by atoms with Crippen molar-refractivity contribution in [3.63, 3.8) is 0 Å². The van der Waals surface area contributed by atoms with E-state index in [2.05, 4.69) is 12.0 Å². The van der Waals surface area contributed by atoms with Crippen molar-refractivity contribution in [3.05, 3.63) is 65.1 Å². The van der Waals surface area contributed by atoms with Gasteiger partial charge in [-0.15, -0.1) is 0 Å². The highest BCUT2D eigenvalue weighted by molar-refractivity contribution is 7.99. The molecule has 0 N–H and O–H groups in total. The van der Waals surface area contributed by atoms with Crippen LogP contribution in [0, 0.1) is 17.6 Å². The average molecular weight is 528 g/mol. The molecule has 0 saturated heterocycles. The molecule has 2 heterocycles. The van der Waals surface area contributed by atoms with E-state index in [-0.39, 0.29) is 22.6 Å². The predicted molar refractivity (Wildman–Crippen MR) is 135 cm³/mol. The first-order valence-corrected chi connectivity index (χ1v) is 13.4. The van der Waals surface area contributed by atoms with Gasteiger partial charge in [0.05, 0.1) is 33.2 Å². The minimum absolute atomic E-state index is 0.0289. The van der Waals surface area contributed by atoms with Crippen LogP contribution in [-0.2, 0) is 11.3 Å². The summed E-state index contributed by atoms with van der Waals surface area (Å²) < 4.78 is 40.1. The minimum Gasteiger partial charge on any atom is -0.423 e. The zero-order valence-electron chi connectivity index (χ0n) is 19.6. The van der Waals surface area contributed by atoms with Gasteiger partial charge in [0.15, 0.2) is 17.4 Å². The fourth-order valence-electron chi connectivity index (χ4n) is 4.49. The van der Waals surface area contributed by atoms with Crippen molar-refractivity contribution in [3.8, 4) is 11.4 Å². The van der Waals surface area contributed by atoms with Gasteiger partial charge in [0.25, 0.3) is 0 Å². The normalized spacial score (nSPS) is 15.6. The third-order valence-corrected chi connectivity index (χ3v) is 8.03. The molecule has 6 rings (SSSR count). The molecule has 5 nitrogen and oxygen atoms in total. The van der Waals surface area contributed by atoms with Crippen molar-refractivity contribution in [2.24, 2.45) is 5.92 Å². The Labute approximate surface area is 216 Å². The van der Waals surface area contributed by atoms with Gasteiger partial charge in [0.2, 0.25) is 0 Å². The second kappa shape index (κ2) is 9.23. The van der Waals surface area contributed by atoms with E-state index in [1.165, 1.54) is 23.9 Å². The second-order valence-corrected chi connectivity index (χ2v) is 10.9. The maximum atomic E-state index is 15.6. The monoisotopic (exact) mass is 527 g/mol. The molecular formula is C27H24ClF2N3O2S. The first-order valence-electron chi connectivity index (χ1n) is 12.2. The van der Waals surface area contributed by atoms with Gasteiger partial charge in [-0.2, -0.15) is 5.10 Å². The molecule has 2 fully saturated rings. The molecule has 0 spiro atoms. The number of nitrogens with zero attached hydrogens (tertiary/aromatic N) is 3. The predicted octanol–water partition coefficient (Wildman–Crippen LogP) is 7.51. The molecule has 4 aromatic rings. The minimum atomic E-state index is -0.593. The number of halogens is 3. The first-order chi connectivity index (χ1) is 17.5. The van der Waals surface area contributed by atoms with Crippen LogP contribution in [0.25, 0.3) is 16.6 Å². The molecule has 0 unspecified atom stereocenters. The molecule has 2 aromatic heterocycles. The van der Waals surface area contributed by atoms with Crippen molar-refractivity contribution in [1.29, 1.82) is 0 Å². The molecule has 2 aliphatic carbocycles. The van der Waals surface area contributed by atoms with Gasteiger partial charge in [0, 0.05) is 34.6 Å². The second-order valence-electron chi connectivity index (χ2n) is 9.41. The van der Waals surface area contributed by atoms with Gasteiger partial charge in [-0.1, -0.05) is 36.4 Å². The van der Waals surface area contributed by atoms with Crippen LogP contribution in [-0.4, -0.2) is 20.3 Å². The molecule has 2 aromatic carbocycles. The maximum Gasteiger partial charge on any atom is 0.314 e. The number of esters is 1. The number of rotatable bonds is 8. The van der Waals surface area contributed by atoms with E-state index in [1.54, 1.807) is 24.4 Å². The summed E-state index contributed by atoms with van der Waals surface area (Å²) in [4.78, 5) is 13.2. The molecule has 0 atom stereocenters. The van der Waals surface area contributed by atoms with Crippen LogP contribution in [0.4, 0.5) is 8.78 Å². The highest BCUT2D eigenvalue weighted by Gasteiger charge is 2.35. The Balaban J connectivity index is 1.49. The molecular weight excluding hydrogens is 504 g/mol. The smallest absolute Gasteiger partial charge is 0.314 e. The molecule has 36 heavy (non-hydrogen) atoms. The summed E-state index contributed by atoms with van der Waals surface area (Å²) in [7, 11) is 0. The standard InChI is InChI=1S/C27H24ClF2N3O2S/c1-2-12-32-14-17(13-31-32)33-24(15-6-7-15)26(18-10-11-19(28)22(29)25(18)33)36-21-5-3-4-20(23(21)30)35-27(34)16-8-9-16/h3-5,10-11,13-16H,2,6-9,12H2,1H3. The van der Waals surface area contributed by atoms with Crippen molar-refractivity contribution >= 4 is 40.2 Å². The average Bonchev–Trinajstić information content (AvgIpc) is 3.80. The topological polar surface area (TPSA) is 49.0 Å². The summed E-state index contributed by atoms with van der Waals surface area (Å²) in [6, 6.07) is 8.11. The quantitative estimate of drug-likeness (QED) is 0.176. The van der Waals surface area contributed by atoms with Crippen LogP contribution in [0.2, 0.25) is 5.02 Å². The Hall–Kier alpha value is -2.84. The Morgan fingerprint density at radius 3 is 2.69 bits per heavy atom. The Kier molecular flexibility index (Phi) is 6.04. The van der Waals surface area contributed by atoms with Crippen LogP contribution < -0.4 is 4.74 Å². The van der Waals surface area contributed by atoms with Gasteiger partial charge in [-0.25, -0.2) is 8.78 Å². The maximum absolute atomic E-state index is 15.6. The van der Waals surface area contributed by atoms with E-state index in [0.29, 0.717) is 15.8 Å². The first kappa shape index (κ1) is 23.6. The lowest BCUT2D eigenvalue weighted by molar-refractivity contribution is -0.136. The molecule has 0 bridgehead atoms. The van der Waals surface area contributed by atoms with Crippen molar-refractivity contribution in [2.75, 3.05) is 0 Å². The summed E-state index contributed by atoms with van der Waals surface area (Å²) in [5.74, 6) is -1.51. The lowest BCUT2D eigenvalue weighted by Crippen LogP contribution is -2.11. The molecule has 2 aliphatic rings. The van der Waals surface area contributed by atoms with E-state index >= 15 is 8.78 Å². The van der Waals surface area contributed by atoms with Gasteiger partial charge >= 0.3 is 5.97 Å². The number of carbonyl (C=O) groups is 1. The number of ether oxygens (including phenoxy) is 1. The molecule has 0 radical (unpaired) electrons. The summed E-state index contributed by atoms with van der Waals surface area (Å²) in [5, 5.41) is 5.14. The van der Waals surface area contributed by atoms with Gasteiger partial charge in [0.1, 0.15) is 0 Å². The van der Waals surface area contributed by atoms with E-state index in [1.807, 2.05) is 15.4 Å². The van der Waals surface area contributed by atoms with Crippen LogP contribution in [0.3, 0.4) is 0 Å². The van der Waals surface area contributed by atoms with E-state index in [0.717, 1.165) is 54.9 Å². The Bertz CT molecular complexity index is 1490. The molecule has 186 valence electrons. The SMILES string of the molecule is CCCn1cc(-n2c(C3CC3)c(Sc3cccc(OC(=O)C4CC4)c3F)c3ccc(Cl)c(F)c32)cn1. The van der Waals surface area contributed by atoms with Gasteiger partial charge < -0.3 is 9.30 Å². The lowest BCUT2D eigenvalue weighted by Gasteiger charge is -2.11. The number of hydrogen-bond donors (Lipinski definition) is 0. The number of hydrogen-bond acceptors (Lipinski definition) is 4. The van der Waals surface area contributed by atoms with Crippen LogP contribution in [0.1, 0.15) is 50.6 Å². The third-order valence-electron chi connectivity index (χ3n) is 6.57. The van der Waals surface area contributed by atoms with Crippen LogP contribution in [0.15, 0.2) is 52.5 Å². The molecule has 0 aliphatic heterocycles. The fourth-order valence-corrected chi connectivity index (χ4v) is 5.84. The Morgan fingerprint density at radius 1 is 1.17 bits per heavy atom. The fraction of sp³-hybridized carbons (Fsp3) is 0.333. The van der Waals surface area contributed by atoms with E-state index in [4.69, 9.17) is 16.3 Å². The summed E-state index contributed by atoms with van der Waals surface area (Å²) in [6.07, 6.45) is 8.04. The highest BCUT2D eigenvalue weighted by Crippen LogP contribution is 2.52. The third kappa shape index (κ3) is 4.20. The zero-order chi connectivity index (χ0) is 25.0. The van der Waals surface area contributed by atoms with E-state index < -0.39 is 17.6 Å². The summed E-state index contributed by atoms with van der Waals surface area (Å²) >= 11 is 7.45. The number of benzene rings is 2. The van der Waals surface area contributed by atoms with E-state index in [9.17, 15) is 4.79 Å². The molecule has 0 amide bonds. The number of fused-ring (bicyclic) bond motifs is 1. The summed E-state index contributed by atoms with van der Waals surface area (Å²) in [5.41, 5.74) is 2.03. The van der Waals surface area contributed by atoms with Crippen molar-refractivity contribution in [1.82, 2.24) is 14.3 Å². The zero-order valence-corrected chi connectivity index (χ0v) is 21.2. The van der Waals surface area contributed by atoms with Crippen molar-refractivity contribution < 1.29 is 18.3 Å². The number of carbonyl (C=O) groups excluding carboxylic acids is 1. The number of aryl methyl sites for hydroxylation is 1. The molecule has 9 heteroatoms. The van der Waals surface area contributed by atoms with Gasteiger partial charge in [-0.3, -0.25) is 9.48 Å². The number of aromatic nitrogens is 3. The summed E-state index contributed by atoms with van der Waals surface area (Å²) in [6.45, 7) is 2.82.